The number of benzene rings is 2. The molecule has 0 aliphatic carbocycles. The van der Waals surface area contributed by atoms with Crippen LogP contribution in [0.3, 0.4) is 0 Å². The third-order valence-electron chi connectivity index (χ3n) is 4.34. The van der Waals surface area contributed by atoms with Gasteiger partial charge in [-0.2, -0.15) is 0 Å². The number of hydrogen-bond donors (Lipinski definition) is 1. The maximum atomic E-state index is 12.7. The molecule has 0 spiro atoms. The zero-order valence-electron chi connectivity index (χ0n) is 16.1. The Kier molecular flexibility index (Phi) is 5.88. The summed E-state index contributed by atoms with van der Waals surface area (Å²) in [4.78, 5) is 18.0. The van der Waals surface area contributed by atoms with Gasteiger partial charge in [-0.05, 0) is 30.3 Å². The molecular formula is C20H22N2O6. The number of amides is 1. The second kappa shape index (κ2) is 8.51. The molecule has 0 aromatic heterocycles. The van der Waals surface area contributed by atoms with Crippen LogP contribution in [0.15, 0.2) is 41.6 Å². The largest absolute Gasteiger partial charge is 0.497 e. The lowest BCUT2D eigenvalue weighted by Gasteiger charge is -2.14. The number of methoxy groups -OCH3 is 4. The molecule has 8 heteroatoms. The Labute approximate surface area is 163 Å². The minimum Gasteiger partial charge on any atom is -0.497 e. The Morgan fingerprint density at radius 3 is 2.25 bits per heavy atom. The minimum absolute atomic E-state index is 0.293. The first-order chi connectivity index (χ1) is 13.6. The summed E-state index contributed by atoms with van der Waals surface area (Å²) in [7, 11) is 6.23. The summed E-state index contributed by atoms with van der Waals surface area (Å²) in [5.41, 5.74) is 1.81. The molecular weight excluding hydrogens is 364 g/mol. The molecule has 0 fully saturated rings. The highest BCUT2D eigenvalue weighted by Crippen LogP contribution is 2.31. The van der Waals surface area contributed by atoms with Crippen molar-refractivity contribution >= 4 is 17.3 Å². The van der Waals surface area contributed by atoms with E-state index >= 15 is 0 Å². The second-order valence-electron chi connectivity index (χ2n) is 5.96. The van der Waals surface area contributed by atoms with Gasteiger partial charge in [-0.1, -0.05) is 5.16 Å². The maximum absolute atomic E-state index is 12.7. The van der Waals surface area contributed by atoms with Gasteiger partial charge in [-0.3, -0.25) is 4.79 Å². The summed E-state index contributed by atoms with van der Waals surface area (Å²) in [6.45, 7) is 0. The predicted molar refractivity (Wildman–Crippen MR) is 104 cm³/mol. The van der Waals surface area contributed by atoms with E-state index in [4.69, 9.17) is 23.8 Å². The molecule has 2 aromatic carbocycles. The van der Waals surface area contributed by atoms with E-state index in [-0.39, 0.29) is 5.91 Å². The first kappa shape index (κ1) is 19.3. The Bertz CT molecular complexity index is 896. The Hall–Kier alpha value is -3.42. The van der Waals surface area contributed by atoms with Crippen LogP contribution in [0, 0.1) is 0 Å². The average Bonchev–Trinajstić information content (AvgIpc) is 3.23. The van der Waals surface area contributed by atoms with Gasteiger partial charge in [-0.15, -0.1) is 0 Å². The van der Waals surface area contributed by atoms with Crippen LogP contribution in [0.4, 0.5) is 5.69 Å². The second-order valence-corrected chi connectivity index (χ2v) is 5.96. The van der Waals surface area contributed by atoms with Crippen molar-refractivity contribution in [2.24, 2.45) is 5.16 Å². The lowest BCUT2D eigenvalue weighted by Crippen LogP contribution is -2.28. The topological polar surface area (TPSA) is 87.6 Å². The molecule has 1 N–H and O–H groups in total. The van der Waals surface area contributed by atoms with Gasteiger partial charge in [0.1, 0.15) is 23.0 Å². The number of nitrogens with one attached hydrogen (secondary N) is 1. The van der Waals surface area contributed by atoms with Crippen LogP contribution in [0.5, 0.6) is 23.0 Å². The first-order valence-electron chi connectivity index (χ1n) is 8.57. The molecule has 0 saturated heterocycles. The third-order valence-corrected chi connectivity index (χ3v) is 4.34. The molecule has 1 amide bonds. The minimum atomic E-state index is -0.776. The quantitative estimate of drug-likeness (QED) is 0.787. The first-order valence-corrected chi connectivity index (χ1v) is 8.57. The van der Waals surface area contributed by atoms with Gasteiger partial charge in [0.05, 0.1) is 39.8 Å². The zero-order valence-corrected chi connectivity index (χ0v) is 16.1. The van der Waals surface area contributed by atoms with Gasteiger partial charge in [0, 0.05) is 18.1 Å². The summed E-state index contributed by atoms with van der Waals surface area (Å²) < 4.78 is 21.1. The van der Waals surface area contributed by atoms with E-state index in [0.717, 1.165) is 5.56 Å². The van der Waals surface area contributed by atoms with Crippen LogP contribution in [-0.4, -0.2) is 46.2 Å². The van der Waals surface area contributed by atoms with Crippen molar-refractivity contribution in [3.05, 3.63) is 42.0 Å². The van der Waals surface area contributed by atoms with E-state index < -0.39 is 6.10 Å². The number of anilines is 1. The molecule has 1 heterocycles. The van der Waals surface area contributed by atoms with Gasteiger partial charge >= 0.3 is 0 Å². The summed E-state index contributed by atoms with van der Waals surface area (Å²) in [5, 5.41) is 6.88. The van der Waals surface area contributed by atoms with E-state index in [2.05, 4.69) is 10.5 Å². The molecule has 3 rings (SSSR count). The average molecular weight is 386 g/mol. The predicted octanol–water partition coefficient (Wildman–Crippen LogP) is 2.85. The van der Waals surface area contributed by atoms with Crippen LogP contribution >= 0.6 is 0 Å². The van der Waals surface area contributed by atoms with Gasteiger partial charge < -0.3 is 29.1 Å². The van der Waals surface area contributed by atoms with E-state index in [1.54, 1.807) is 57.7 Å². The molecule has 0 saturated carbocycles. The Morgan fingerprint density at radius 2 is 1.61 bits per heavy atom. The van der Waals surface area contributed by atoms with Gasteiger partial charge in [-0.25, -0.2) is 0 Å². The van der Waals surface area contributed by atoms with Crippen molar-refractivity contribution in [3.8, 4) is 23.0 Å². The third kappa shape index (κ3) is 3.95. The molecule has 148 valence electrons. The number of rotatable bonds is 7. The Morgan fingerprint density at radius 1 is 0.964 bits per heavy atom. The van der Waals surface area contributed by atoms with E-state index in [1.807, 2.05) is 0 Å². The lowest BCUT2D eigenvalue weighted by molar-refractivity contribution is -0.125. The van der Waals surface area contributed by atoms with Crippen LogP contribution in [0.1, 0.15) is 12.0 Å². The lowest BCUT2D eigenvalue weighted by atomic mass is 10.0. The van der Waals surface area contributed by atoms with E-state index in [0.29, 0.717) is 40.8 Å². The number of nitrogens with zero attached hydrogens (tertiary/aromatic N) is 1. The molecule has 1 aliphatic heterocycles. The summed E-state index contributed by atoms with van der Waals surface area (Å²) >= 11 is 0. The molecule has 0 radical (unpaired) electrons. The van der Waals surface area contributed by atoms with Gasteiger partial charge in [0.25, 0.3) is 5.91 Å². The number of carbonyl (C=O) groups is 1. The van der Waals surface area contributed by atoms with Gasteiger partial charge in [0.15, 0.2) is 0 Å². The van der Waals surface area contributed by atoms with Crippen molar-refractivity contribution in [1.82, 2.24) is 0 Å². The molecule has 28 heavy (non-hydrogen) atoms. The van der Waals surface area contributed by atoms with Crippen LogP contribution in [0.25, 0.3) is 0 Å². The van der Waals surface area contributed by atoms with E-state index in [1.165, 1.54) is 7.11 Å². The Balaban J connectivity index is 1.74. The summed E-state index contributed by atoms with van der Waals surface area (Å²) in [5.74, 6) is 2.06. The zero-order chi connectivity index (χ0) is 20.1. The van der Waals surface area contributed by atoms with Crippen molar-refractivity contribution in [2.75, 3.05) is 33.8 Å². The monoisotopic (exact) mass is 386 g/mol. The standard InChI is InChI=1S/C20H22N2O6/c1-24-12-5-7-17(26-3)14(9-12)15-11-19(28-22-15)20(23)21-16-10-13(25-2)6-8-18(16)27-4/h5-10,19H,11H2,1-4H3,(H,21,23). The van der Waals surface area contributed by atoms with Crippen molar-refractivity contribution < 1.29 is 28.6 Å². The van der Waals surface area contributed by atoms with E-state index in [9.17, 15) is 4.79 Å². The van der Waals surface area contributed by atoms with Crippen molar-refractivity contribution in [1.29, 1.82) is 0 Å². The maximum Gasteiger partial charge on any atom is 0.268 e. The highest BCUT2D eigenvalue weighted by molar-refractivity contribution is 6.08. The number of hydrogen-bond acceptors (Lipinski definition) is 7. The van der Waals surface area contributed by atoms with Crippen LogP contribution in [-0.2, 0) is 9.63 Å². The fraction of sp³-hybridized carbons (Fsp3) is 0.300. The molecule has 0 bridgehead atoms. The highest BCUT2D eigenvalue weighted by atomic mass is 16.6. The SMILES string of the molecule is COc1ccc(OC)c(NC(=O)C2CC(c3cc(OC)ccc3OC)=NO2)c1. The van der Waals surface area contributed by atoms with Crippen LogP contribution in [0.2, 0.25) is 0 Å². The fourth-order valence-corrected chi connectivity index (χ4v) is 2.84. The number of ether oxygens (including phenoxy) is 4. The van der Waals surface area contributed by atoms with Crippen molar-refractivity contribution in [3.63, 3.8) is 0 Å². The normalized spacial score (nSPS) is 15.3. The molecule has 1 atom stereocenters. The number of oxime groups is 1. The fourth-order valence-electron chi connectivity index (χ4n) is 2.84. The van der Waals surface area contributed by atoms with Crippen LogP contribution < -0.4 is 24.3 Å². The van der Waals surface area contributed by atoms with Crippen molar-refractivity contribution in [2.45, 2.75) is 12.5 Å². The number of carbonyl (C=O) groups excluding carboxylic acids is 1. The molecule has 1 unspecified atom stereocenters. The smallest absolute Gasteiger partial charge is 0.268 e. The molecule has 8 nitrogen and oxygen atoms in total. The highest BCUT2D eigenvalue weighted by Gasteiger charge is 2.31. The molecule has 2 aromatic rings. The van der Waals surface area contributed by atoms with Gasteiger partial charge in [0.2, 0.25) is 6.10 Å². The molecule has 1 aliphatic rings. The summed E-state index contributed by atoms with van der Waals surface area (Å²) in [6.07, 6.45) is -0.483. The summed E-state index contributed by atoms with van der Waals surface area (Å²) in [6, 6.07) is 10.5.